The normalized spacial score (nSPS) is 14.8. The predicted molar refractivity (Wildman–Crippen MR) is 153 cm³/mol. The molecule has 1 N–H and O–H groups in total. The summed E-state index contributed by atoms with van der Waals surface area (Å²) in [4.78, 5) is 15.4. The van der Waals surface area contributed by atoms with Crippen LogP contribution in [0, 0.1) is 25.1 Å². The molecule has 0 aromatic heterocycles. The Kier molecular flexibility index (Phi) is 7.87. The number of nitrogens with zero attached hydrogens (tertiary/aromatic N) is 1. The van der Waals surface area contributed by atoms with Crippen molar-refractivity contribution in [2.24, 2.45) is 5.41 Å². The topological polar surface area (TPSA) is 32.3 Å². The third-order valence-corrected chi connectivity index (χ3v) is 6.97. The van der Waals surface area contributed by atoms with Crippen LogP contribution in [0.1, 0.15) is 28.7 Å². The van der Waals surface area contributed by atoms with Gasteiger partial charge in [-0.05, 0) is 66.8 Å². The van der Waals surface area contributed by atoms with Crippen LogP contribution in [0.2, 0.25) is 15.3 Å². The van der Waals surface area contributed by atoms with Crippen LogP contribution in [0.25, 0.3) is 0 Å². The van der Waals surface area contributed by atoms with Gasteiger partial charge in [0.2, 0.25) is 5.91 Å². The molecule has 0 unspecified atom stereocenters. The maximum absolute atomic E-state index is 13.6. The number of nitrogens with one attached hydrogen (secondary N) is 1. The fourth-order valence-corrected chi connectivity index (χ4v) is 5.07. The van der Waals surface area contributed by atoms with Gasteiger partial charge in [0.25, 0.3) is 0 Å². The van der Waals surface area contributed by atoms with Crippen molar-refractivity contribution in [3.63, 3.8) is 0 Å². The number of hydrogen-bond acceptors (Lipinski definition) is 2. The number of carbonyl (C=O) groups is 1. The minimum absolute atomic E-state index is 0.235. The molecule has 0 saturated heterocycles. The summed E-state index contributed by atoms with van der Waals surface area (Å²) in [7, 11) is 53.1. The van der Waals surface area contributed by atoms with E-state index in [1.807, 2.05) is 32.0 Å². The molecule has 0 atom stereocenters. The summed E-state index contributed by atoms with van der Waals surface area (Å²) in [5.41, 5.74) is 2.94. The van der Waals surface area contributed by atoms with Crippen molar-refractivity contribution in [3.05, 3.63) is 58.4 Å². The molecular weight excluding hydrogens is 437 g/mol. The Hall–Kier alpha value is -1.78. The van der Waals surface area contributed by atoms with E-state index in [0.29, 0.717) is 12.2 Å². The number of rotatable bonds is 7. The summed E-state index contributed by atoms with van der Waals surface area (Å²) >= 11 is 0. The maximum atomic E-state index is 13.6. The fraction of sp³-hybridized carbons (Fsp3) is 0.435. The smallest absolute Gasteiger partial charge is 0.224 e. The van der Waals surface area contributed by atoms with Crippen molar-refractivity contribution < 1.29 is 9.18 Å². The Morgan fingerprint density at radius 3 is 1.92 bits per heavy atom. The van der Waals surface area contributed by atoms with Crippen LogP contribution < -0.4 is 10.2 Å². The molecule has 2 aromatic carbocycles. The van der Waals surface area contributed by atoms with Gasteiger partial charge in [-0.1, -0.05) is 11.5 Å². The highest BCUT2D eigenvalue weighted by Crippen LogP contribution is 2.63. The minimum atomic E-state index is -2.32. The number of anilines is 2. The Bertz CT molecular complexity index is 1100. The van der Waals surface area contributed by atoms with Crippen LogP contribution >= 0.6 is 0 Å². The first-order chi connectivity index (χ1) is 16.4. The second-order valence-corrected chi connectivity index (χ2v) is 9.97. The molecule has 0 fully saturated rings. The second kappa shape index (κ2) is 9.84. The zero-order chi connectivity index (χ0) is 27.3. The van der Waals surface area contributed by atoms with Crippen molar-refractivity contribution in [1.29, 1.82) is 0 Å². The molecule has 2 aromatic rings. The number of amides is 1. The van der Waals surface area contributed by atoms with Gasteiger partial charge in [0.05, 0.1) is 70.6 Å². The quantitative estimate of drug-likeness (QED) is 0.632. The summed E-state index contributed by atoms with van der Waals surface area (Å²) in [5, 5.41) is -4.15. The SMILES string of the molecule is [B]C([B])([B])C(CC(=O)Nc1c(C)cc(N2CCc3cc(F)ccc3C2)cc1C)(C([B])([B])[B])C([B])([B])[B]. The fourth-order valence-electron chi connectivity index (χ4n) is 5.07. The van der Waals surface area contributed by atoms with Crippen LogP contribution in [-0.2, 0) is 17.8 Å². The lowest BCUT2D eigenvalue weighted by atomic mass is 9.09. The monoisotopic (exact) mass is 458 g/mol. The third kappa shape index (κ3) is 5.41. The van der Waals surface area contributed by atoms with E-state index < -0.39 is 33.1 Å². The Balaban J connectivity index is 1.87. The number of halogens is 1. The van der Waals surface area contributed by atoms with E-state index in [2.05, 4.69) is 10.2 Å². The van der Waals surface area contributed by atoms with Gasteiger partial charge < -0.3 is 10.2 Å². The average molecular weight is 457 g/mol. The average Bonchev–Trinajstić information content (AvgIpc) is 2.71. The minimum Gasteiger partial charge on any atom is -0.367 e. The van der Waals surface area contributed by atoms with Crippen molar-refractivity contribution in [2.45, 2.75) is 48.6 Å². The summed E-state index contributed by atoms with van der Waals surface area (Å²) < 4.78 is 13.6. The highest BCUT2D eigenvalue weighted by molar-refractivity contribution is 6.69. The summed E-state index contributed by atoms with van der Waals surface area (Å²) in [6, 6.07) is 8.75. The molecule has 162 valence electrons. The molecule has 0 bridgehead atoms. The molecule has 3 nitrogen and oxygen atoms in total. The van der Waals surface area contributed by atoms with E-state index in [-0.39, 0.29) is 5.82 Å². The van der Waals surface area contributed by atoms with Crippen molar-refractivity contribution in [3.8, 4) is 0 Å². The largest absolute Gasteiger partial charge is 0.367 e. The number of benzene rings is 2. The van der Waals surface area contributed by atoms with Crippen molar-refractivity contribution in [2.75, 3.05) is 16.8 Å². The predicted octanol–water partition coefficient (Wildman–Crippen LogP) is 1.06. The van der Waals surface area contributed by atoms with E-state index >= 15 is 0 Å². The number of aryl methyl sites for hydroxylation is 2. The maximum Gasteiger partial charge on any atom is 0.224 e. The van der Waals surface area contributed by atoms with Crippen LogP contribution in [-0.4, -0.2) is 83.1 Å². The van der Waals surface area contributed by atoms with Crippen LogP contribution in [0.4, 0.5) is 15.8 Å². The Morgan fingerprint density at radius 1 is 0.889 bits per heavy atom. The van der Waals surface area contributed by atoms with E-state index in [1.165, 1.54) is 6.07 Å². The van der Waals surface area contributed by atoms with Crippen molar-refractivity contribution in [1.82, 2.24) is 0 Å². The summed E-state index contributed by atoms with van der Waals surface area (Å²) in [6.07, 6.45) is 0.0619. The molecule has 1 aliphatic heterocycles. The van der Waals surface area contributed by atoms with Crippen LogP contribution in [0.3, 0.4) is 0 Å². The zero-order valence-corrected chi connectivity index (χ0v) is 20.6. The molecule has 3 rings (SSSR count). The number of carbonyl (C=O) groups excluding carboxylic acids is 1. The lowest BCUT2D eigenvalue weighted by Crippen LogP contribution is -2.58. The lowest BCUT2D eigenvalue weighted by Gasteiger charge is -2.65. The van der Waals surface area contributed by atoms with Gasteiger partial charge in [0.15, 0.2) is 0 Å². The van der Waals surface area contributed by atoms with Gasteiger partial charge >= 0.3 is 0 Å². The molecule has 18 radical (unpaired) electrons. The van der Waals surface area contributed by atoms with Crippen LogP contribution in [0.15, 0.2) is 30.3 Å². The molecular formula is C23H20B9FN2O. The molecule has 36 heavy (non-hydrogen) atoms. The van der Waals surface area contributed by atoms with E-state index in [4.69, 9.17) is 70.6 Å². The van der Waals surface area contributed by atoms with Crippen molar-refractivity contribution >= 4 is 87.9 Å². The lowest BCUT2D eigenvalue weighted by molar-refractivity contribution is -0.118. The van der Waals surface area contributed by atoms with Gasteiger partial charge in [-0.25, -0.2) is 4.39 Å². The van der Waals surface area contributed by atoms with Gasteiger partial charge in [0, 0.05) is 30.9 Å². The molecule has 0 aliphatic carbocycles. The Labute approximate surface area is 225 Å². The van der Waals surface area contributed by atoms with E-state index in [1.54, 1.807) is 6.07 Å². The van der Waals surface area contributed by atoms with Gasteiger partial charge in [-0.2, -0.15) is 0 Å². The molecule has 1 aliphatic rings. The number of fused-ring (bicyclic) bond motifs is 1. The second-order valence-electron chi connectivity index (χ2n) is 9.97. The first-order valence-electron chi connectivity index (χ1n) is 11.4. The molecule has 1 heterocycles. The molecule has 13 heteroatoms. The number of hydrogen-bond donors (Lipinski definition) is 1. The zero-order valence-electron chi connectivity index (χ0n) is 20.6. The van der Waals surface area contributed by atoms with Gasteiger partial charge in [0.1, 0.15) is 5.82 Å². The third-order valence-electron chi connectivity index (χ3n) is 6.97. The van der Waals surface area contributed by atoms with E-state index in [9.17, 15) is 9.18 Å². The van der Waals surface area contributed by atoms with Crippen LogP contribution in [0.5, 0.6) is 0 Å². The standard InChI is InChI=1S/C23H20B9FN2O/c1-12-7-17(35-6-5-14-9-16(33)4-3-15(14)11-35)8-13(2)19(12)34-18(36)10-20(21(24,25)26,22(27,28)29)23(30,31)32/h3-4,7-9H,5-6,10-11H2,1-2H3,(H,34,36). The first kappa shape index (κ1) is 28.8. The highest BCUT2D eigenvalue weighted by atomic mass is 19.1. The summed E-state index contributed by atoms with van der Waals surface area (Å²) in [6.45, 7) is 5.07. The first-order valence-corrected chi connectivity index (χ1v) is 11.4. The van der Waals surface area contributed by atoms with Gasteiger partial charge in [-0.15, -0.1) is 15.3 Å². The molecule has 0 spiro atoms. The van der Waals surface area contributed by atoms with E-state index in [0.717, 1.165) is 40.9 Å². The molecule has 1 amide bonds. The Morgan fingerprint density at radius 2 is 1.42 bits per heavy atom. The van der Waals surface area contributed by atoms with Gasteiger partial charge in [-0.3, -0.25) is 4.79 Å². The highest BCUT2D eigenvalue weighted by Gasteiger charge is 2.54. The summed E-state index contributed by atoms with van der Waals surface area (Å²) in [5.74, 6) is -0.883. The molecule has 0 saturated carbocycles.